The lowest BCUT2D eigenvalue weighted by Crippen LogP contribution is -2.15. The highest BCUT2D eigenvalue weighted by Gasteiger charge is 2.21. The maximum Gasteiger partial charge on any atom is 0.234 e. The maximum atomic E-state index is 12.4. The van der Waals surface area contributed by atoms with Crippen molar-refractivity contribution in [1.29, 1.82) is 0 Å². The van der Waals surface area contributed by atoms with E-state index in [1.807, 2.05) is 38.1 Å². The molecule has 2 heterocycles. The molecule has 0 fully saturated rings. The van der Waals surface area contributed by atoms with Gasteiger partial charge in [0.1, 0.15) is 15.7 Å². The van der Waals surface area contributed by atoms with Gasteiger partial charge >= 0.3 is 0 Å². The number of rotatable bonds is 4. The van der Waals surface area contributed by atoms with Crippen molar-refractivity contribution in [1.82, 2.24) is 9.97 Å². The first-order valence-electron chi connectivity index (χ1n) is 8.89. The Balaban J connectivity index is 1.56. The van der Waals surface area contributed by atoms with Gasteiger partial charge in [0.25, 0.3) is 0 Å². The van der Waals surface area contributed by atoms with Gasteiger partial charge in [-0.15, -0.1) is 11.3 Å². The van der Waals surface area contributed by atoms with E-state index in [1.54, 1.807) is 11.3 Å². The summed E-state index contributed by atoms with van der Waals surface area (Å²) in [5, 5.41) is 5.13. The number of anilines is 1. The third kappa shape index (κ3) is 3.48. The number of benzene rings is 1. The zero-order valence-electron chi connectivity index (χ0n) is 15.0. The number of nitrogens with zero attached hydrogens (tertiary/aromatic N) is 2. The Kier molecular flexibility index (Phi) is 4.96. The Morgan fingerprint density at radius 2 is 2.00 bits per heavy atom. The molecule has 1 N–H and O–H groups in total. The van der Waals surface area contributed by atoms with Gasteiger partial charge in [0.15, 0.2) is 0 Å². The molecular formula is C20H21N3OS2. The summed E-state index contributed by atoms with van der Waals surface area (Å²) in [6, 6.07) is 7.84. The molecule has 1 aromatic carbocycles. The molecule has 26 heavy (non-hydrogen) atoms. The van der Waals surface area contributed by atoms with Crippen LogP contribution < -0.4 is 5.32 Å². The van der Waals surface area contributed by atoms with E-state index in [0.717, 1.165) is 39.8 Å². The van der Waals surface area contributed by atoms with Gasteiger partial charge in [-0.1, -0.05) is 30.0 Å². The van der Waals surface area contributed by atoms with Crippen LogP contribution in [0.5, 0.6) is 0 Å². The number of carbonyl (C=O) groups is 1. The van der Waals surface area contributed by atoms with Crippen LogP contribution in [0.4, 0.5) is 5.69 Å². The first kappa shape index (κ1) is 17.5. The minimum absolute atomic E-state index is 0.00203. The van der Waals surface area contributed by atoms with E-state index in [9.17, 15) is 4.79 Å². The third-order valence-electron chi connectivity index (χ3n) is 4.65. The molecule has 4 nitrogen and oxygen atoms in total. The van der Waals surface area contributed by atoms with Crippen molar-refractivity contribution in [3.63, 3.8) is 0 Å². The van der Waals surface area contributed by atoms with Gasteiger partial charge in [0.05, 0.1) is 5.75 Å². The first-order valence-corrected chi connectivity index (χ1v) is 10.7. The molecule has 2 aromatic heterocycles. The van der Waals surface area contributed by atoms with Crippen LogP contribution in [0.1, 0.15) is 34.7 Å². The fraction of sp³-hybridized carbons (Fsp3) is 0.350. The second-order valence-electron chi connectivity index (χ2n) is 6.62. The van der Waals surface area contributed by atoms with Crippen molar-refractivity contribution in [2.24, 2.45) is 0 Å². The van der Waals surface area contributed by atoms with Crippen molar-refractivity contribution < 1.29 is 4.79 Å². The number of aryl methyl sites for hydroxylation is 4. The van der Waals surface area contributed by atoms with Crippen LogP contribution in [-0.4, -0.2) is 21.6 Å². The highest BCUT2D eigenvalue weighted by atomic mass is 32.2. The van der Waals surface area contributed by atoms with Crippen LogP contribution in [0, 0.1) is 13.8 Å². The van der Waals surface area contributed by atoms with E-state index >= 15 is 0 Å². The van der Waals surface area contributed by atoms with Crippen LogP contribution in [0.25, 0.3) is 10.2 Å². The SMILES string of the molecule is Cc1nc(SCC(=O)Nc2ccccc2C)c2c3c(sc2n1)CCCC3. The van der Waals surface area contributed by atoms with Crippen molar-refractivity contribution in [2.75, 3.05) is 11.1 Å². The Morgan fingerprint density at radius 3 is 2.85 bits per heavy atom. The predicted octanol–water partition coefficient (Wildman–Crippen LogP) is 4.92. The molecule has 0 radical (unpaired) electrons. The Morgan fingerprint density at radius 1 is 1.19 bits per heavy atom. The number of thiophene rings is 1. The van der Waals surface area contributed by atoms with E-state index < -0.39 is 0 Å². The predicted molar refractivity (Wildman–Crippen MR) is 109 cm³/mol. The number of thioether (sulfide) groups is 1. The first-order chi connectivity index (χ1) is 12.6. The molecular weight excluding hydrogens is 362 g/mol. The zero-order chi connectivity index (χ0) is 18.1. The summed E-state index contributed by atoms with van der Waals surface area (Å²) in [6.07, 6.45) is 4.73. The summed E-state index contributed by atoms with van der Waals surface area (Å²) >= 11 is 3.32. The molecule has 3 aromatic rings. The van der Waals surface area contributed by atoms with E-state index in [2.05, 4.69) is 15.3 Å². The molecule has 6 heteroatoms. The van der Waals surface area contributed by atoms with Crippen LogP contribution in [0.15, 0.2) is 29.3 Å². The molecule has 0 spiro atoms. The number of nitrogens with one attached hydrogen (secondary N) is 1. The van der Waals surface area contributed by atoms with Crippen molar-refractivity contribution >= 4 is 44.9 Å². The van der Waals surface area contributed by atoms with Gasteiger partial charge in [-0.25, -0.2) is 9.97 Å². The Hall–Kier alpha value is -1.92. The number of aromatic nitrogens is 2. The van der Waals surface area contributed by atoms with Crippen molar-refractivity contribution in [3.8, 4) is 0 Å². The number of hydrogen-bond acceptors (Lipinski definition) is 5. The molecule has 0 saturated heterocycles. The zero-order valence-corrected chi connectivity index (χ0v) is 16.6. The standard InChI is InChI=1S/C20H21N3OS2/c1-12-7-3-5-9-15(12)23-17(24)11-25-19-18-14-8-4-6-10-16(14)26-20(18)22-13(2)21-19/h3,5,7,9H,4,6,8,10-11H2,1-2H3,(H,23,24). The lowest BCUT2D eigenvalue weighted by Gasteiger charge is -2.12. The highest BCUT2D eigenvalue weighted by molar-refractivity contribution is 8.00. The van der Waals surface area contributed by atoms with Crippen LogP contribution in [0.2, 0.25) is 0 Å². The fourth-order valence-corrected chi connectivity index (χ4v) is 5.64. The highest BCUT2D eigenvalue weighted by Crippen LogP contribution is 2.39. The molecule has 0 saturated carbocycles. The van der Waals surface area contributed by atoms with Crippen LogP contribution in [0.3, 0.4) is 0 Å². The summed E-state index contributed by atoms with van der Waals surface area (Å²) in [4.78, 5) is 24.2. The van der Waals surface area contributed by atoms with Gasteiger partial charge in [0, 0.05) is 16.0 Å². The van der Waals surface area contributed by atoms with Gasteiger partial charge in [-0.05, 0) is 56.7 Å². The third-order valence-corrected chi connectivity index (χ3v) is 6.81. The largest absolute Gasteiger partial charge is 0.325 e. The van der Waals surface area contributed by atoms with Crippen molar-refractivity contribution in [3.05, 3.63) is 46.1 Å². The molecule has 1 amide bonds. The number of amides is 1. The monoisotopic (exact) mass is 383 g/mol. The molecule has 0 atom stereocenters. The van der Waals surface area contributed by atoms with Gasteiger partial charge < -0.3 is 5.32 Å². The second-order valence-corrected chi connectivity index (χ2v) is 8.67. The molecule has 0 bridgehead atoms. The minimum Gasteiger partial charge on any atom is -0.325 e. The molecule has 0 aliphatic heterocycles. The molecule has 134 valence electrons. The number of para-hydroxylation sites is 1. The summed E-state index contributed by atoms with van der Waals surface area (Å²) < 4.78 is 0. The lowest BCUT2D eigenvalue weighted by molar-refractivity contribution is -0.113. The summed E-state index contributed by atoms with van der Waals surface area (Å²) in [5.74, 6) is 1.13. The Bertz CT molecular complexity index is 981. The molecule has 0 unspecified atom stereocenters. The Labute approximate surface area is 161 Å². The van der Waals surface area contributed by atoms with Gasteiger partial charge in [-0.2, -0.15) is 0 Å². The minimum atomic E-state index is -0.00203. The van der Waals surface area contributed by atoms with Crippen molar-refractivity contribution in [2.45, 2.75) is 44.6 Å². The fourth-order valence-electron chi connectivity index (χ4n) is 3.36. The van der Waals surface area contributed by atoms with E-state index in [-0.39, 0.29) is 5.91 Å². The average molecular weight is 384 g/mol. The normalized spacial score (nSPS) is 13.6. The van der Waals surface area contributed by atoms with Crippen LogP contribution in [-0.2, 0) is 17.6 Å². The van der Waals surface area contributed by atoms with E-state index in [4.69, 9.17) is 0 Å². The summed E-state index contributed by atoms with van der Waals surface area (Å²) in [7, 11) is 0. The number of hydrogen-bond donors (Lipinski definition) is 1. The quantitative estimate of drug-likeness (QED) is 0.513. The molecule has 4 rings (SSSR count). The average Bonchev–Trinajstić information content (AvgIpc) is 2.99. The van der Waals surface area contributed by atoms with Gasteiger partial charge in [-0.3, -0.25) is 4.79 Å². The summed E-state index contributed by atoms with van der Waals surface area (Å²) in [5.41, 5.74) is 3.35. The topological polar surface area (TPSA) is 54.9 Å². The van der Waals surface area contributed by atoms with Gasteiger partial charge in [0.2, 0.25) is 5.91 Å². The van der Waals surface area contributed by atoms with E-state index in [1.165, 1.54) is 40.4 Å². The van der Waals surface area contributed by atoms with E-state index in [0.29, 0.717) is 5.75 Å². The van der Waals surface area contributed by atoms with Crippen LogP contribution >= 0.6 is 23.1 Å². The maximum absolute atomic E-state index is 12.4. The smallest absolute Gasteiger partial charge is 0.234 e. The lowest BCUT2D eigenvalue weighted by atomic mass is 9.97. The summed E-state index contributed by atoms with van der Waals surface area (Å²) in [6.45, 7) is 3.92. The number of carbonyl (C=O) groups excluding carboxylic acids is 1. The number of fused-ring (bicyclic) bond motifs is 3. The second kappa shape index (κ2) is 7.37. The molecule has 1 aliphatic carbocycles. The molecule has 1 aliphatic rings.